The summed E-state index contributed by atoms with van der Waals surface area (Å²) in [5.41, 5.74) is -0.629. The Labute approximate surface area is 169 Å². The zero-order valence-corrected chi connectivity index (χ0v) is 16.0. The van der Waals surface area contributed by atoms with Crippen molar-refractivity contribution in [1.29, 1.82) is 0 Å². The van der Waals surface area contributed by atoms with Gasteiger partial charge < -0.3 is 10.1 Å². The maximum absolute atomic E-state index is 13.5. The van der Waals surface area contributed by atoms with Crippen molar-refractivity contribution in [3.63, 3.8) is 0 Å². The fourth-order valence-corrected chi connectivity index (χ4v) is 3.21. The van der Waals surface area contributed by atoms with Crippen molar-refractivity contribution in [3.05, 3.63) is 58.9 Å². The lowest BCUT2D eigenvalue weighted by atomic mass is 9.97. The predicted molar refractivity (Wildman–Crippen MR) is 97.8 cm³/mol. The van der Waals surface area contributed by atoms with E-state index in [1.165, 1.54) is 18.2 Å². The SMILES string of the molecule is CNC(=O)C1CN(Cc2ccc(OCc3cc(C(F)(F)F)ccn3)cc2C(F)F)C1. The molecule has 1 fully saturated rings. The number of ether oxygens (including phenoxy) is 1. The van der Waals surface area contributed by atoms with Crippen LogP contribution < -0.4 is 10.1 Å². The van der Waals surface area contributed by atoms with Crippen LogP contribution in [0.5, 0.6) is 5.75 Å². The van der Waals surface area contributed by atoms with E-state index in [-0.39, 0.29) is 42.0 Å². The normalized spacial score (nSPS) is 15.2. The number of hydrogen-bond acceptors (Lipinski definition) is 4. The van der Waals surface area contributed by atoms with Crippen LogP contribution in [0.4, 0.5) is 22.0 Å². The molecule has 1 aromatic heterocycles. The van der Waals surface area contributed by atoms with E-state index in [9.17, 15) is 26.7 Å². The highest BCUT2D eigenvalue weighted by atomic mass is 19.4. The van der Waals surface area contributed by atoms with Gasteiger partial charge in [0, 0.05) is 38.4 Å². The van der Waals surface area contributed by atoms with E-state index in [0.29, 0.717) is 18.7 Å². The highest BCUT2D eigenvalue weighted by Gasteiger charge is 2.33. The Bertz CT molecular complexity index is 898. The number of amides is 1. The molecule has 1 N–H and O–H groups in total. The van der Waals surface area contributed by atoms with Crippen molar-refractivity contribution in [3.8, 4) is 5.75 Å². The summed E-state index contributed by atoms with van der Waals surface area (Å²) in [6.07, 6.45) is -6.23. The topological polar surface area (TPSA) is 54.5 Å². The van der Waals surface area contributed by atoms with E-state index in [2.05, 4.69) is 10.3 Å². The number of nitrogens with zero attached hydrogens (tertiary/aromatic N) is 2. The monoisotopic (exact) mass is 429 g/mol. The lowest BCUT2D eigenvalue weighted by Crippen LogP contribution is -2.52. The van der Waals surface area contributed by atoms with Gasteiger partial charge in [-0.25, -0.2) is 8.78 Å². The Morgan fingerprint density at radius 3 is 2.63 bits per heavy atom. The summed E-state index contributed by atoms with van der Waals surface area (Å²) < 4.78 is 70.7. The third-order valence-corrected chi connectivity index (χ3v) is 4.85. The van der Waals surface area contributed by atoms with Crippen LogP contribution in [0.25, 0.3) is 0 Å². The summed E-state index contributed by atoms with van der Waals surface area (Å²) in [7, 11) is 1.55. The highest BCUT2D eigenvalue weighted by molar-refractivity contribution is 5.79. The Morgan fingerprint density at radius 2 is 2.00 bits per heavy atom. The molecule has 1 amide bonds. The first-order chi connectivity index (χ1) is 14.2. The van der Waals surface area contributed by atoms with Gasteiger partial charge >= 0.3 is 6.18 Å². The van der Waals surface area contributed by atoms with E-state index in [1.54, 1.807) is 7.05 Å². The van der Waals surface area contributed by atoms with E-state index >= 15 is 0 Å². The number of likely N-dealkylation sites (tertiary alicyclic amines) is 1. The van der Waals surface area contributed by atoms with E-state index in [0.717, 1.165) is 18.3 Å². The van der Waals surface area contributed by atoms with Gasteiger partial charge in [-0.3, -0.25) is 14.7 Å². The Kier molecular flexibility index (Phi) is 6.55. The number of aromatic nitrogens is 1. The second-order valence-electron chi connectivity index (χ2n) is 6.99. The van der Waals surface area contributed by atoms with Crippen LogP contribution in [-0.4, -0.2) is 35.9 Å². The number of carbonyl (C=O) groups is 1. The zero-order chi connectivity index (χ0) is 21.9. The maximum atomic E-state index is 13.5. The summed E-state index contributed by atoms with van der Waals surface area (Å²) >= 11 is 0. The molecule has 3 rings (SSSR count). The van der Waals surface area contributed by atoms with Gasteiger partial charge in [0.05, 0.1) is 17.2 Å². The quantitative estimate of drug-likeness (QED) is 0.681. The molecule has 0 bridgehead atoms. The van der Waals surface area contributed by atoms with Crippen LogP contribution in [0, 0.1) is 5.92 Å². The third-order valence-electron chi connectivity index (χ3n) is 4.85. The van der Waals surface area contributed by atoms with Gasteiger partial charge in [0.2, 0.25) is 5.91 Å². The van der Waals surface area contributed by atoms with Crippen molar-refractivity contribution in [2.24, 2.45) is 5.92 Å². The zero-order valence-electron chi connectivity index (χ0n) is 16.0. The molecule has 0 spiro atoms. The van der Waals surface area contributed by atoms with Crippen molar-refractivity contribution in [1.82, 2.24) is 15.2 Å². The van der Waals surface area contributed by atoms with Gasteiger partial charge in [0.15, 0.2) is 0 Å². The van der Waals surface area contributed by atoms with Gasteiger partial charge in [0.1, 0.15) is 12.4 Å². The Balaban J connectivity index is 1.65. The van der Waals surface area contributed by atoms with Crippen LogP contribution in [0.15, 0.2) is 36.5 Å². The van der Waals surface area contributed by atoms with Crippen LogP contribution in [0.3, 0.4) is 0 Å². The van der Waals surface area contributed by atoms with Gasteiger partial charge in [-0.2, -0.15) is 13.2 Å². The van der Waals surface area contributed by atoms with Crippen molar-refractivity contribution >= 4 is 5.91 Å². The maximum Gasteiger partial charge on any atom is 0.416 e. The lowest BCUT2D eigenvalue weighted by molar-refractivity contribution is -0.137. The number of pyridine rings is 1. The van der Waals surface area contributed by atoms with E-state index in [1.807, 2.05) is 4.90 Å². The largest absolute Gasteiger partial charge is 0.487 e. The molecule has 1 aromatic carbocycles. The first kappa shape index (κ1) is 21.9. The van der Waals surface area contributed by atoms with Crippen LogP contribution in [0.1, 0.15) is 28.8 Å². The van der Waals surface area contributed by atoms with E-state index in [4.69, 9.17) is 4.74 Å². The van der Waals surface area contributed by atoms with Crippen LogP contribution in [0.2, 0.25) is 0 Å². The second-order valence-corrected chi connectivity index (χ2v) is 6.99. The molecule has 0 aliphatic carbocycles. The molecule has 1 aliphatic heterocycles. The first-order valence-electron chi connectivity index (χ1n) is 9.17. The van der Waals surface area contributed by atoms with Crippen LogP contribution >= 0.6 is 0 Å². The third kappa shape index (κ3) is 5.24. The summed E-state index contributed by atoms with van der Waals surface area (Å²) in [6.45, 7) is 0.956. The fourth-order valence-electron chi connectivity index (χ4n) is 3.21. The standard InChI is InChI=1S/C20H20F5N3O2/c1-26-19(29)13-9-28(10-13)8-12-2-3-16(7-17(12)18(21)22)30-11-15-6-14(4-5-27-15)20(23,24)25/h2-7,13,18H,8-11H2,1H3,(H,26,29). The molecule has 2 heterocycles. The number of hydrogen-bond donors (Lipinski definition) is 1. The van der Waals surface area contributed by atoms with Crippen LogP contribution in [-0.2, 0) is 24.1 Å². The molecule has 30 heavy (non-hydrogen) atoms. The number of alkyl halides is 5. The molecular formula is C20H20F5N3O2. The second kappa shape index (κ2) is 8.95. The van der Waals surface area contributed by atoms with Crippen molar-refractivity contribution in [2.75, 3.05) is 20.1 Å². The lowest BCUT2D eigenvalue weighted by Gasteiger charge is -2.38. The number of rotatable bonds is 7. The minimum atomic E-state index is -4.50. The molecule has 10 heteroatoms. The minimum absolute atomic E-state index is 0.0355. The van der Waals surface area contributed by atoms with Gasteiger partial charge in [-0.05, 0) is 29.8 Å². The molecule has 1 aliphatic rings. The molecule has 0 atom stereocenters. The molecule has 0 saturated carbocycles. The minimum Gasteiger partial charge on any atom is -0.487 e. The molecule has 5 nitrogen and oxygen atoms in total. The predicted octanol–water partition coefficient (Wildman–Crippen LogP) is 3.79. The Hall–Kier alpha value is -2.75. The van der Waals surface area contributed by atoms with Crippen molar-refractivity contribution in [2.45, 2.75) is 25.8 Å². The summed E-state index contributed by atoms with van der Waals surface area (Å²) in [5.74, 6) is -0.111. The van der Waals surface area contributed by atoms with Gasteiger partial charge in [-0.1, -0.05) is 6.07 Å². The fraction of sp³-hybridized carbons (Fsp3) is 0.400. The number of nitrogens with one attached hydrogen (secondary N) is 1. The van der Waals surface area contributed by atoms with E-state index < -0.39 is 18.2 Å². The summed E-state index contributed by atoms with van der Waals surface area (Å²) in [5, 5.41) is 2.56. The average Bonchev–Trinajstić information content (AvgIpc) is 2.68. The molecular weight excluding hydrogens is 409 g/mol. The average molecular weight is 429 g/mol. The smallest absolute Gasteiger partial charge is 0.416 e. The molecule has 162 valence electrons. The van der Waals surface area contributed by atoms with Gasteiger partial charge in [-0.15, -0.1) is 0 Å². The van der Waals surface area contributed by atoms with Gasteiger partial charge in [0.25, 0.3) is 6.43 Å². The van der Waals surface area contributed by atoms with Crippen molar-refractivity contribution < 1.29 is 31.5 Å². The molecule has 0 unspecified atom stereocenters. The number of carbonyl (C=O) groups excluding carboxylic acids is 1. The molecule has 1 saturated heterocycles. The highest BCUT2D eigenvalue weighted by Crippen LogP contribution is 2.31. The number of halogens is 5. The first-order valence-corrected chi connectivity index (χ1v) is 9.17. The molecule has 0 radical (unpaired) electrons. The summed E-state index contributed by atoms with van der Waals surface area (Å²) in [6, 6.07) is 5.88. The summed E-state index contributed by atoms with van der Waals surface area (Å²) in [4.78, 5) is 17.2. The Morgan fingerprint density at radius 1 is 1.27 bits per heavy atom. The molecule has 2 aromatic rings. The number of benzene rings is 1.